The van der Waals surface area contributed by atoms with Crippen LogP contribution in [0, 0.1) is 6.92 Å². The minimum atomic E-state index is 0.594. The Morgan fingerprint density at radius 2 is 1.97 bits per heavy atom. The number of anilines is 3. The third-order valence-corrected chi connectivity index (χ3v) is 4.73. The first-order valence-electron chi connectivity index (χ1n) is 10.3. The second-order valence-electron chi connectivity index (χ2n) is 7.23. The van der Waals surface area contributed by atoms with Gasteiger partial charge in [-0.15, -0.1) is 0 Å². The van der Waals surface area contributed by atoms with Crippen LogP contribution in [0.1, 0.15) is 38.2 Å². The first-order valence-corrected chi connectivity index (χ1v) is 10.3. The number of pyridine rings is 2. The van der Waals surface area contributed by atoms with Crippen molar-refractivity contribution in [3.8, 4) is 11.3 Å². The van der Waals surface area contributed by atoms with E-state index in [1.54, 1.807) is 18.6 Å². The van der Waals surface area contributed by atoms with Gasteiger partial charge in [0.1, 0.15) is 11.6 Å². The molecule has 3 N–H and O–H groups in total. The van der Waals surface area contributed by atoms with Crippen molar-refractivity contribution < 1.29 is 0 Å². The Morgan fingerprint density at radius 3 is 2.70 bits per heavy atom. The third kappa shape index (κ3) is 5.53. The topological polar surface area (TPSA) is 92.9 Å². The normalized spacial score (nSPS) is 10.6. The molecule has 0 aromatic carbocycles. The van der Waals surface area contributed by atoms with Gasteiger partial charge in [0.2, 0.25) is 0 Å². The number of aryl methyl sites for hydroxylation is 1. The van der Waals surface area contributed by atoms with Crippen LogP contribution >= 0.6 is 0 Å². The molecule has 0 bridgehead atoms. The zero-order chi connectivity index (χ0) is 21.3. The lowest BCUT2D eigenvalue weighted by atomic mass is 10.1. The van der Waals surface area contributed by atoms with Crippen LogP contribution in [0.15, 0.2) is 61.6 Å². The minimum Gasteiger partial charge on any atom is -0.396 e. The molecular weight excluding hydrogens is 374 g/mol. The third-order valence-electron chi connectivity index (χ3n) is 4.73. The van der Waals surface area contributed by atoms with Gasteiger partial charge in [-0.1, -0.05) is 32.8 Å². The number of unbranched alkanes of at least 4 members (excludes halogenated alkanes) is 3. The van der Waals surface area contributed by atoms with E-state index in [1.165, 1.54) is 12.8 Å². The summed E-state index contributed by atoms with van der Waals surface area (Å²) in [6.45, 7) is 9.19. The summed E-state index contributed by atoms with van der Waals surface area (Å²) in [5.41, 5.74) is 9.79. The predicted molar refractivity (Wildman–Crippen MR) is 123 cm³/mol. The van der Waals surface area contributed by atoms with E-state index in [9.17, 15) is 0 Å². The SMILES string of the molecule is C=C(Nc1cnccn1)N(CCCCCC)c1nc(-c2cncc(C)c2)ccc1N. The van der Waals surface area contributed by atoms with E-state index in [2.05, 4.69) is 39.8 Å². The monoisotopic (exact) mass is 403 g/mol. The van der Waals surface area contributed by atoms with E-state index < -0.39 is 0 Å². The number of nitrogens with zero attached hydrogens (tertiary/aromatic N) is 5. The van der Waals surface area contributed by atoms with Gasteiger partial charge in [0.25, 0.3) is 0 Å². The molecule has 30 heavy (non-hydrogen) atoms. The first-order chi connectivity index (χ1) is 14.6. The summed E-state index contributed by atoms with van der Waals surface area (Å²) < 4.78 is 0. The van der Waals surface area contributed by atoms with E-state index in [-0.39, 0.29) is 0 Å². The molecule has 0 aliphatic rings. The average Bonchev–Trinajstić information content (AvgIpc) is 2.75. The molecule has 0 saturated heterocycles. The molecule has 7 nitrogen and oxygen atoms in total. The molecule has 3 aromatic rings. The molecule has 7 heteroatoms. The number of aromatic nitrogens is 4. The largest absolute Gasteiger partial charge is 0.396 e. The van der Waals surface area contributed by atoms with Crippen LogP contribution in [0.4, 0.5) is 17.3 Å². The highest BCUT2D eigenvalue weighted by molar-refractivity contribution is 5.72. The zero-order valence-corrected chi connectivity index (χ0v) is 17.7. The Hall–Kier alpha value is -3.48. The molecule has 0 unspecified atom stereocenters. The van der Waals surface area contributed by atoms with Crippen LogP contribution in [0.3, 0.4) is 0 Å². The molecular formula is C23H29N7. The number of nitrogens with one attached hydrogen (secondary N) is 1. The Kier molecular flexibility index (Phi) is 7.32. The molecule has 0 fully saturated rings. The van der Waals surface area contributed by atoms with Crippen molar-refractivity contribution in [2.45, 2.75) is 39.5 Å². The Labute approximate surface area is 178 Å². The molecule has 3 heterocycles. The lowest BCUT2D eigenvalue weighted by Crippen LogP contribution is -2.29. The zero-order valence-electron chi connectivity index (χ0n) is 17.7. The van der Waals surface area contributed by atoms with Gasteiger partial charge in [0.05, 0.1) is 17.6 Å². The quantitative estimate of drug-likeness (QED) is 0.470. The van der Waals surface area contributed by atoms with Crippen molar-refractivity contribution in [3.05, 3.63) is 67.1 Å². The molecule has 0 amide bonds. The van der Waals surface area contributed by atoms with Gasteiger partial charge < -0.3 is 16.0 Å². The summed E-state index contributed by atoms with van der Waals surface area (Å²) in [6, 6.07) is 5.87. The maximum Gasteiger partial charge on any atom is 0.158 e. The highest BCUT2D eigenvalue weighted by Crippen LogP contribution is 2.29. The lowest BCUT2D eigenvalue weighted by molar-refractivity contribution is 0.660. The second kappa shape index (κ2) is 10.3. The van der Waals surface area contributed by atoms with E-state index in [1.807, 2.05) is 36.4 Å². The van der Waals surface area contributed by atoms with E-state index in [4.69, 9.17) is 10.7 Å². The summed E-state index contributed by atoms with van der Waals surface area (Å²) in [7, 11) is 0. The summed E-state index contributed by atoms with van der Waals surface area (Å²) in [5, 5.41) is 3.23. The molecule has 0 spiro atoms. The van der Waals surface area contributed by atoms with Gasteiger partial charge in [0.15, 0.2) is 5.82 Å². The van der Waals surface area contributed by atoms with Gasteiger partial charge in [-0.2, -0.15) is 0 Å². The van der Waals surface area contributed by atoms with Gasteiger partial charge in [-0.3, -0.25) is 9.97 Å². The summed E-state index contributed by atoms with van der Waals surface area (Å²) >= 11 is 0. The smallest absolute Gasteiger partial charge is 0.158 e. The average molecular weight is 404 g/mol. The summed E-state index contributed by atoms with van der Waals surface area (Å²) in [6.07, 6.45) is 13.1. The van der Waals surface area contributed by atoms with Crippen LogP contribution in [0.25, 0.3) is 11.3 Å². The number of rotatable bonds is 10. The molecule has 3 rings (SSSR count). The van der Waals surface area contributed by atoms with Crippen molar-refractivity contribution >= 4 is 17.3 Å². The van der Waals surface area contributed by atoms with E-state index >= 15 is 0 Å². The Bertz CT molecular complexity index is 972. The van der Waals surface area contributed by atoms with Gasteiger partial charge in [0, 0.05) is 36.9 Å². The first kappa shape index (κ1) is 21.2. The predicted octanol–water partition coefficient (Wildman–Crippen LogP) is 4.79. The van der Waals surface area contributed by atoms with Gasteiger partial charge in [-0.25, -0.2) is 9.97 Å². The maximum atomic E-state index is 6.34. The van der Waals surface area contributed by atoms with Crippen LogP contribution in [-0.2, 0) is 0 Å². The second-order valence-corrected chi connectivity index (χ2v) is 7.23. The van der Waals surface area contributed by atoms with Crippen LogP contribution < -0.4 is 16.0 Å². The van der Waals surface area contributed by atoms with E-state index in [0.29, 0.717) is 23.1 Å². The molecule has 0 aliphatic heterocycles. The number of hydrogen-bond donors (Lipinski definition) is 2. The van der Waals surface area contributed by atoms with Crippen LogP contribution in [-0.4, -0.2) is 26.5 Å². The fourth-order valence-corrected chi connectivity index (χ4v) is 3.18. The fraction of sp³-hybridized carbons (Fsp3) is 0.304. The van der Waals surface area contributed by atoms with Crippen LogP contribution in [0.2, 0.25) is 0 Å². The fourth-order valence-electron chi connectivity index (χ4n) is 3.18. The molecule has 3 aromatic heterocycles. The number of hydrogen-bond acceptors (Lipinski definition) is 7. The maximum absolute atomic E-state index is 6.34. The lowest BCUT2D eigenvalue weighted by Gasteiger charge is -2.27. The van der Waals surface area contributed by atoms with Crippen LogP contribution in [0.5, 0.6) is 0 Å². The summed E-state index contributed by atoms with van der Waals surface area (Å²) in [4.78, 5) is 19.6. The van der Waals surface area contributed by atoms with E-state index in [0.717, 1.165) is 36.2 Å². The standard InChI is InChI=1S/C23H29N7/c1-4-5-6-7-12-30(18(3)28-22-16-25-10-11-27-22)23-20(24)8-9-21(29-23)19-13-17(2)14-26-15-19/h8-11,13-16H,3-7,12,24H2,1-2H3,(H,27,28). The van der Waals surface area contributed by atoms with Crippen molar-refractivity contribution in [1.29, 1.82) is 0 Å². The molecule has 0 radical (unpaired) electrons. The number of nitrogens with two attached hydrogens (primary N) is 1. The highest BCUT2D eigenvalue weighted by Gasteiger charge is 2.17. The summed E-state index contributed by atoms with van der Waals surface area (Å²) in [5.74, 6) is 1.95. The van der Waals surface area contributed by atoms with Gasteiger partial charge >= 0.3 is 0 Å². The van der Waals surface area contributed by atoms with Crippen molar-refractivity contribution in [3.63, 3.8) is 0 Å². The van der Waals surface area contributed by atoms with Gasteiger partial charge in [-0.05, 0) is 37.1 Å². The number of nitrogen functional groups attached to an aromatic ring is 1. The molecule has 0 aliphatic carbocycles. The molecule has 156 valence electrons. The van der Waals surface area contributed by atoms with Crippen molar-refractivity contribution in [1.82, 2.24) is 19.9 Å². The minimum absolute atomic E-state index is 0.594. The Morgan fingerprint density at radius 1 is 1.10 bits per heavy atom. The highest BCUT2D eigenvalue weighted by atomic mass is 15.3. The van der Waals surface area contributed by atoms with Crippen molar-refractivity contribution in [2.75, 3.05) is 22.5 Å². The van der Waals surface area contributed by atoms with Crippen molar-refractivity contribution in [2.24, 2.45) is 0 Å². The molecule has 0 saturated carbocycles. The Balaban J connectivity index is 1.91. The molecule has 0 atom stereocenters.